The van der Waals surface area contributed by atoms with E-state index in [9.17, 15) is 18.3 Å². The van der Waals surface area contributed by atoms with E-state index >= 15 is 0 Å². The maximum absolute atomic E-state index is 12.5. The number of rotatable bonds is 7. The Labute approximate surface area is 140 Å². The van der Waals surface area contributed by atoms with Crippen molar-refractivity contribution in [3.63, 3.8) is 0 Å². The zero-order chi connectivity index (χ0) is 17.9. The highest BCUT2D eigenvalue weighted by Crippen LogP contribution is 2.18. The molecule has 0 unspecified atom stereocenters. The zero-order valence-corrected chi connectivity index (χ0v) is 14.5. The average molecular weight is 352 g/mol. The minimum absolute atomic E-state index is 0.0335. The summed E-state index contributed by atoms with van der Waals surface area (Å²) in [6.45, 7) is 5.25. The van der Waals surface area contributed by atoms with Gasteiger partial charge in [-0.15, -0.1) is 0 Å². The number of hydrogen-bond acceptors (Lipinski definition) is 5. The normalized spacial score (nSPS) is 13.2. The van der Waals surface area contributed by atoms with E-state index in [1.165, 1.54) is 10.9 Å². The van der Waals surface area contributed by atoms with Crippen molar-refractivity contribution in [2.45, 2.75) is 38.1 Å². The molecule has 8 nitrogen and oxygen atoms in total. The monoisotopic (exact) mass is 352 g/mol. The molecule has 0 spiro atoms. The van der Waals surface area contributed by atoms with Crippen molar-refractivity contribution in [3.05, 3.63) is 36.3 Å². The van der Waals surface area contributed by atoms with Crippen LogP contribution in [-0.4, -0.2) is 40.3 Å². The largest absolute Gasteiger partial charge is 0.480 e. The number of carboxylic acids is 1. The average Bonchev–Trinajstić information content (AvgIpc) is 2.89. The standard InChI is InChI=1S/C15H20N4O4S/c1-10(2)8-12(15(20)21)18-24(22,23)13-9-17-19(11(13)3)14-6-4-5-7-16-14/h4-7,9-10,12,18H,8H2,1-3H3,(H,20,21)/t12-/m0/s1. The van der Waals surface area contributed by atoms with Crippen molar-refractivity contribution >= 4 is 16.0 Å². The number of nitrogens with zero attached hydrogens (tertiary/aromatic N) is 3. The fourth-order valence-corrected chi connectivity index (χ4v) is 3.65. The molecule has 9 heteroatoms. The number of carbonyl (C=O) groups is 1. The summed E-state index contributed by atoms with van der Waals surface area (Å²) < 4.78 is 28.7. The van der Waals surface area contributed by atoms with Crippen LogP contribution < -0.4 is 4.72 Å². The van der Waals surface area contributed by atoms with Gasteiger partial charge in [-0.25, -0.2) is 18.1 Å². The van der Waals surface area contributed by atoms with Crippen LogP contribution >= 0.6 is 0 Å². The highest BCUT2D eigenvalue weighted by molar-refractivity contribution is 7.89. The summed E-state index contributed by atoms with van der Waals surface area (Å²) in [5.41, 5.74) is 0.356. The van der Waals surface area contributed by atoms with E-state index in [0.29, 0.717) is 11.5 Å². The SMILES string of the molecule is Cc1c(S(=O)(=O)N[C@@H](CC(C)C)C(=O)O)cnn1-c1ccccn1. The van der Waals surface area contributed by atoms with Crippen LogP contribution in [0.15, 0.2) is 35.5 Å². The third-order valence-electron chi connectivity index (χ3n) is 3.42. The van der Waals surface area contributed by atoms with Crippen molar-refractivity contribution in [2.24, 2.45) is 5.92 Å². The Balaban J connectivity index is 2.33. The van der Waals surface area contributed by atoms with E-state index in [2.05, 4.69) is 14.8 Å². The molecular weight excluding hydrogens is 332 g/mol. The number of sulfonamides is 1. The lowest BCUT2D eigenvalue weighted by molar-refractivity contribution is -0.139. The van der Waals surface area contributed by atoms with Gasteiger partial charge in [-0.1, -0.05) is 19.9 Å². The summed E-state index contributed by atoms with van der Waals surface area (Å²) in [6.07, 6.45) is 2.97. The first-order chi connectivity index (χ1) is 11.2. The van der Waals surface area contributed by atoms with Gasteiger partial charge < -0.3 is 5.11 Å². The molecule has 0 aromatic carbocycles. The predicted octanol–water partition coefficient (Wildman–Crippen LogP) is 1.35. The van der Waals surface area contributed by atoms with Crippen LogP contribution in [0.5, 0.6) is 0 Å². The fraction of sp³-hybridized carbons (Fsp3) is 0.400. The van der Waals surface area contributed by atoms with E-state index in [1.54, 1.807) is 31.3 Å². The first kappa shape index (κ1) is 18.1. The highest BCUT2D eigenvalue weighted by Gasteiger charge is 2.29. The van der Waals surface area contributed by atoms with Crippen LogP contribution in [0.4, 0.5) is 0 Å². The number of carboxylic acid groups (broad SMARTS) is 1. The Bertz CT molecular complexity index is 815. The van der Waals surface area contributed by atoms with Gasteiger partial charge in [0.15, 0.2) is 5.82 Å². The van der Waals surface area contributed by atoms with Gasteiger partial charge in [-0.2, -0.15) is 9.82 Å². The van der Waals surface area contributed by atoms with Crippen LogP contribution in [0.2, 0.25) is 0 Å². The quantitative estimate of drug-likeness (QED) is 0.777. The molecule has 1 atom stereocenters. The third kappa shape index (κ3) is 3.98. The topological polar surface area (TPSA) is 114 Å². The van der Waals surface area contributed by atoms with Gasteiger partial charge >= 0.3 is 5.97 Å². The number of nitrogens with one attached hydrogen (secondary N) is 1. The molecule has 0 aliphatic rings. The number of pyridine rings is 1. The van der Waals surface area contributed by atoms with Gasteiger partial charge in [0.2, 0.25) is 10.0 Å². The second-order valence-electron chi connectivity index (χ2n) is 5.84. The predicted molar refractivity (Wildman–Crippen MR) is 87.3 cm³/mol. The van der Waals surface area contributed by atoms with Gasteiger partial charge in [0.25, 0.3) is 0 Å². The van der Waals surface area contributed by atoms with E-state index < -0.39 is 22.0 Å². The Morgan fingerprint density at radius 1 is 1.38 bits per heavy atom. The summed E-state index contributed by atoms with van der Waals surface area (Å²) in [6, 6.07) is 4.01. The Kier molecular flexibility index (Phi) is 5.35. The van der Waals surface area contributed by atoms with Crippen LogP contribution in [-0.2, 0) is 14.8 Å². The molecule has 2 aromatic heterocycles. The number of aliphatic carboxylic acids is 1. The molecule has 24 heavy (non-hydrogen) atoms. The molecular formula is C15H20N4O4S. The molecule has 2 rings (SSSR count). The van der Waals surface area contributed by atoms with Gasteiger partial charge in [0.05, 0.1) is 11.9 Å². The molecule has 0 radical (unpaired) electrons. The van der Waals surface area contributed by atoms with Crippen LogP contribution in [0.1, 0.15) is 26.0 Å². The lowest BCUT2D eigenvalue weighted by Crippen LogP contribution is -2.41. The van der Waals surface area contributed by atoms with Crippen molar-refractivity contribution < 1.29 is 18.3 Å². The molecule has 0 aliphatic carbocycles. The molecule has 130 valence electrons. The number of hydrogen-bond donors (Lipinski definition) is 2. The van der Waals surface area contributed by atoms with Gasteiger partial charge in [-0.3, -0.25) is 4.79 Å². The molecule has 0 amide bonds. The van der Waals surface area contributed by atoms with Gasteiger partial charge in [0.1, 0.15) is 10.9 Å². The Morgan fingerprint density at radius 2 is 2.08 bits per heavy atom. The zero-order valence-electron chi connectivity index (χ0n) is 13.7. The fourth-order valence-electron chi connectivity index (χ4n) is 2.29. The highest BCUT2D eigenvalue weighted by atomic mass is 32.2. The lowest BCUT2D eigenvalue weighted by Gasteiger charge is -2.16. The molecule has 0 saturated heterocycles. The third-order valence-corrected chi connectivity index (χ3v) is 5.00. The summed E-state index contributed by atoms with van der Waals surface area (Å²) in [7, 11) is -4.01. The van der Waals surface area contributed by atoms with E-state index in [0.717, 1.165) is 0 Å². The molecule has 0 bridgehead atoms. The summed E-state index contributed by atoms with van der Waals surface area (Å²) in [4.78, 5) is 15.4. The Morgan fingerprint density at radius 3 is 2.62 bits per heavy atom. The van der Waals surface area contributed by atoms with Crippen LogP contribution in [0.25, 0.3) is 5.82 Å². The molecule has 0 saturated carbocycles. The van der Waals surface area contributed by atoms with Crippen molar-refractivity contribution in [1.29, 1.82) is 0 Å². The summed E-state index contributed by atoms with van der Waals surface area (Å²) in [5, 5.41) is 13.3. The minimum atomic E-state index is -4.01. The second-order valence-corrected chi connectivity index (χ2v) is 7.52. The molecule has 0 aliphatic heterocycles. The maximum Gasteiger partial charge on any atom is 0.321 e. The van der Waals surface area contributed by atoms with Crippen molar-refractivity contribution in [3.8, 4) is 5.82 Å². The summed E-state index contributed by atoms with van der Waals surface area (Å²) in [5.74, 6) is -0.693. The van der Waals surface area contributed by atoms with E-state index in [4.69, 9.17) is 0 Å². The van der Waals surface area contributed by atoms with E-state index in [1.807, 2.05) is 13.8 Å². The van der Waals surface area contributed by atoms with Crippen LogP contribution in [0, 0.1) is 12.8 Å². The smallest absolute Gasteiger partial charge is 0.321 e. The summed E-state index contributed by atoms with van der Waals surface area (Å²) >= 11 is 0. The van der Waals surface area contributed by atoms with Gasteiger partial charge in [-0.05, 0) is 31.4 Å². The maximum atomic E-state index is 12.5. The molecule has 2 N–H and O–H groups in total. The first-order valence-electron chi connectivity index (χ1n) is 7.43. The van der Waals surface area contributed by atoms with Crippen LogP contribution in [0.3, 0.4) is 0 Å². The molecule has 2 aromatic rings. The molecule has 2 heterocycles. The second kappa shape index (κ2) is 7.10. The Hall–Kier alpha value is -2.26. The van der Waals surface area contributed by atoms with Gasteiger partial charge in [0, 0.05) is 6.20 Å². The van der Waals surface area contributed by atoms with E-state index in [-0.39, 0.29) is 17.2 Å². The molecule has 0 fully saturated rings. The minimum Gasteiger partial charge on any atom is -0.480 e. The first-order valence-corrected chi connectivity index (χ1v) is 8.92. The van der Waals surface area contributed by atoms with Crippen molar-refractivity contribution in [2.75, 3.05) is 0 Å². The number of aromatic nitrogens is 3. The van der Waals surface area contributed by atoms with Crippen molar-refractivity contribution in [1.82, 2.24) is 19.5 Å². The lowest BCUT2D eigenvalue weighted by atomic mass is 10.1.